The number of ether oxygens (including phenoxy) is 1. The van der Waals surface area contributed by atoms with Crippen molar-refractivity contribution in [2.45, 2.75) is 25.8 Å². The Kier molecular flexibility index (Phi) is 6.64. The molecule has 4 amide bonds. The topological polar surface area (TPSA) is 117 Å². The van der Waals surface area contributed by atoms with Crippen LogP contribution in [0.2, 0.25) is 0 Å². The van der Waals surface area contributed by atoms with Gasteiger partial charge in [0.25, 0.3) is 5.91 Å². The molecule has 0 bridgehead atoms. The number of aromatic nitrogens is 2. The fourth-order valence-corrected chi connectivity index (χ4v) is 6.06. The summed E-state index contributed by atoms with van der Waals surface area (Å²) >= 11 is 1.23. The highest BCUT2D eigenvalue weighted by Crippen LogP contribution is 2.45. The Labute approximate surface area is 234 Å². The van der Waals surface area contributed by atoms with Crippen molar-refractivity contribution in [3.63, 3.8) is 0 Å². The number of nitrogens with one attached hydrogen (secondary N) is 2. The predicted molar refractivity (Wildman–Crippen MR) is 154 cm³/mol. The van der Waals surface area contributed by atoms with Crippen LogP contribution in [-0.2, 0) is 4.79 Å². The monoisotopic (exact) mass is 554 g/mol. The Bertz CT molecular complexity index is 1650. The maximum atomic E-state index is 13.4. The summed E-state index contributed by atoms with van der Waals surface area (Å²) in [5.74, 6) is 0.622. The third kappa shape index (κ3) is 4.75. The summed E-state index contributed by atoms with van der Waals surface area (Å²) < 4.78 is 5.85. The minimum Gasteiger partial charge on any atom is -0.439 e. The average Bonchev–Trinajstić information content (AvgIpc) is 3.33. The van der Waals surface area contributed by atoms with Gasteiger partial charge in [-0.05, 0) is 62.2 Å². The molecule has 1 fully saturated rings. The maximum Gasteiger partial charge on any atom is 0.331 e. The molecule has 0 radical (unpaired) electrons. The fraction of sp³-hybridized carbons (Fsp3) is 0.207. The minimum atomic E-state index is -0.387. The van der Waals surface area contributed by atoms with E-state index in [4.69, 9.17) is 4.74 Å². The van der Waals surface area contributed by atoms with E-state index in [0.717, 1.165) is 18.5 Å². The quantitative estimate of drug-likeness (QED) is 0.309. The normalized spacial score (nSPS) is 16.4. The molecule has 1 atom stereocenters. The largest absolute Gasteiger partial charge is 0.439 e. The first-order valence-corrected chi connectivity index (χ1v) is 13.7. The third-order valence-electron chi connectivity index (χ3n) is 6.88. The summed E-state index contributed by atoms with van der Waals surface area (Å²) in [7, 11) is 0. The summed E-state index contributed by atoms with van der Waals surface area (Å²) in [6, 6.07) is 13.9. The predicted octanol–water partition coefficient (Wildman–Crippen LogP) is 5.38. The van der Waals surface area contributed by atoms with Gasteiger partial charge in [-0.3, -0.25) is 14.5 Å². The molecule has 2 aliphatic heterocycles. The number of pyridine rings is 2. The first-order chi connectivity index (χ1) is 19.4. The van der Waals surface area contributed by atoms with Gasteiger partial charge in [-0.25, -0.2) is 14.8 Å². The van der Waals surface area contributed by atoms with Crippen molar-refractivity contribution in [3.05, 3.63) is 78.0 Å². The summed E-state index contributed by atoms with van der Waals surface area (Å²) in [6.45, 7) is 6.50. The van der Waals surface area contributed by atoms with E-state index >= 15 is 0 Å². The number of thiophene rings is 1. The number of carbonyl (C=O) groups excluding carboxylic acids is 3. The molecule has 0 spiro atoms. The number of aryl methyl sites for hydroxylation is 1. The molecule has 3 aromatic heterocycles. The molecule has 2 aliphatic rings. The Hall–Kier alpha value is -4.77. The molecule has 10 nitrogen and oxygen atoms in total. The smallest absolute Gasteiger partial charge is 0.331 e. The third-order valence-corrected chi connectivity index (χ3v) is 7.97. The highest BCUT2D eigenvalue weighted by atomic mass is 32.1. The number of urea groups is 1. The van der Waals surface area contributed by atoms with Crippen LogP contribution in [0.3, 0.4) is 0 Å². The van der Waals surface area contributed by atoms with Crippen LogP contribution >= 0.6 is 11.3 Å². The lowest BCUT2D eigenvalue weighted by Crippen LogP contribution is -2.49. The van der Waals surface area contributed by atoms with Crippen molar-refractivity contribution in [2.75, 3.05) is 23.3 Å². The number of nitrogens with zero attached hydrogens (tertiary/aromatic N) is 4. The van der Waals surface area contributed by atoms with Gasteiger partial charge in [-0.2, -0.15) is 0 Å². The number of anilines is 3. The molecule has 0 unspecified atom stereocenters. The van der Waals surface area contributed by atoms with Crippen LogP contribution in [-0.4, -0.2) is 51.8 Å². The zero-order valence-corrected chi connectivity index (χ0v) is 22.5. The lowest BCUT2D eigenvalue weighted by Gasteiger charge is -2.32. The standard InChI is InChI=1S/C29H26N6O4S/c1-3-23(36)34-15-5-7-18(16-34)32-27(37)26-25-24-21(13-14-30-28(24)40-26)35(29(38)33-25)19-9-11-20(12-10-19)39-22-8-4-6-17(2)31-22/h3-4,6,8-14,18H,1,5,7,15-16H2,2H3,(H,32,37)(H,33,38)/t18-/m1/s1. The number of amides is 4. The number of benzene rings is 1. The van der Waals surface area contributed by atoms with Crippen LogP contribution in [0.15, 0.2) is 67.4 Å². The SMILES string of the molecule is C=CC(=O)N1CCC[C@@H](NC(=O)c2sc3nccc4c3c2NC(=O)N4c2ccc(Oc3cccc(C)n3)cc2)C1. The Morgan fingerprint density at radius 2 is 2.02 bits per heavy atom. The molecule has 11 heteroatoms. The first-order valence-electron chi connectivity index (χ1n) is 12.9. The zero-order valence-electron chi connectivity index (χ0n) is 21.7. The van der Waals surface area contributed by atoms with E-state index in [-0.39, 0.29) is 23.9 Å². The summed E-state index contributed by atoms with van der Waals surface area (Å²) in [4.78, 5) is 51.9. The van der Waals surface area contributed by atoms with Gasteiger partial charge in [-0.1, -0.05) is 12.6 Å². The molecule has 1 aromatic carbocycles. The molecule has 0 saturated carbocycles. The van der Waals surface area contributed by atoms with E-state index in [2.05, 4.69) is 27.2 Å². The Morgan fingerprint density at radius 3 is 2.80 bits per heavy atom. The van der Waals surface area contributed by atoms with Gasteiger partial charge in [0.15, 0.2) is 0 Å². The van der Waals surface area contributed by atoms with Crippen molar-refractivity contribution in [1.29, 1.82) is 0 Å². The van der Waals surface area contributed by atoms with Crippen LogP contribution in [0.1, 0.15) is 28.2 Å². The molecule has 1 saturated heterocycles. The summed E-state index contributed by atoms with van der Waals surface area (Å²) in [5, 5.41) is 6.66. The maximum absolute atomic E-state index is 13.4. The van der Waals surface area contributed by atoms with E-state index in [1.54, 1.807) is 52.4 Å². The van der Waals surface area contributed by atoms with Gasteiger partial charge in [-0.15, -0.1) is 11.3 Å². The number of hydrogen-bond donors (Lipinski definition) is 2. The molecule has 4 aromatic rings. The van der Waals surface area contributed by atoms with Gasteiger partial charge < -0.3 is 20.3 Å². The van der Waals surface area contributed by atoms with Crippen molar-refractivity contribution >= 4 is 56.5 Å². The van der Waals surface area contributed by atoms with Crippen molar-refractivity contribution < 1.29 is 19.1 Å². The zero-order chi connectivity index (χ0) is 27.8. The minimum absolute atomic E-state index is 0.150. The number of hydrogen-bond acceptors (Lipinski definition) is 7. The molecule has 40 heavy (non-hydrogen) atoms. The molecular formula is C29H26N6O4S. The van der Waals surface area contributed by atoms with E-state index in [1.165, 1.54) is 17.4 Å². The van der Waals surface area contributed by atoms with E-state index in [9.17, 15) is 14.4 Å². The Morgan fingerprint density at radius 1 is 1.20 bits per heavy atom. The van der Waals surface area contributed by atoms with Crippen LogP contribution in [0.4, 0.5) is 21.9 Å². The second-order valence-corrected chi connectivity index (χ2v) is 10.6. The van der Waals surface area contributed by atoms with Gasteiger partial charge in [0.05, 0.1) is 22.4 Å². The molecule has 0 aliphatic carbocycles. The highest BCUT2D eigenvalue weighted by Gasteiger charge is 2.33. The van der Waals surface area contributed by atoms with Crippen LogP contribution < -0.4 is 20.3 Å². The lowest BCUT2D eigenvalue weighted by atomic mass is 10.1. The van der Waals surface area contributed by atoms with Crippen molar-refractivity contribution in [3.8, 4) is 11.6 Å². The van der Waals surface area contributed by atoms with E-state index < -0.39 is 0 Å². The van der Waals surface area contributed by atoms with Gasteiger partial charge in [0.2, 0.25) is 11.8 Å². The van der Waals surface area contributed by atoms with Crippen LogP contribution in [0.5, 0.6) is 11.6 Å². The fourth-order valence-electron chi connectivity index (χ4n) is 5.03. The second-order valence-electron chi connectivity index (χ2n) is 9.60. The van der Waals surface area contributed by atoms with E-state index in [1.807, 2.05) is 19.1 Å². The molecule has 202 valence electrons. The molecule has 2 N–H and O–H groups in total. The van der Waals surface area contributed by atoms with Crippen LogP contribution in [0.25, 0.3) is 10.2 Å². The molecule has 6 rings (SSSR count). The summed E-state index contributed by atoms with van der Waals surface area (Å²) in [5.41, 5.74) is 2.56. The number of carbonyl (C=O) groups is 3. The van der Waals surface area contributed by atoms with Gasteiger partial charge >= 0.3 is 6.03 Å². The average molecular weight is 555 g/mol. The Balaban J connectivity index is 1.26. The lowest BCUT2D eigenvalue weighted by molar-refractivity contribution is -0.127. The highest BCUT2D eigenvalue weighted by molar-refractivity contribution is 7.21. The first kappa shape index (κ1) is 25.5. The van der Waals surface area contributed by atoms with Crippen molar-refractivity contribution in [2.24, 2.45) is 0 Å². The molecular weight excluding hydrogens is 528 g/mol. The van der Waals surface area contributed by atoms with Gasteiger partial charge in [0, 0.05) is 37.1 Å². The van der Waals surface area contributed by atoms with Crippen molar-refractivity contribution in [1.82, 2.24) is 20.2 Å². The van der Waals surface area contributed by atoms with Gasteiger partial charge in [0.1, 0.15) is 15.5 Å². The second kappa shape index (κ2) is 10.4. The number of rotatable bonds is 6. The van der Waals surface area contributed by atoms with E-state index in [0.29, 0.717) is 56.9 Å². The van der Waals surface area contributed by atoms with Crippen LogP contribution in [0, 0.1) is 6.92 Å². The number of piperidine rings is 1. The molecule has 5 heterocycles. The summed E-state index contributed by atoms with van der Waals surface area (Å²) in [6.07, 6.45) is 4.46. The number of likely N-dealkylation sites (tertiary alicyclic amines) is 1.